The van der Waals surface area contributed by atoms with Crippen LogP contribution in [-0.2, 0) is 0 Å². The molecule has 2 unspecified atom stereocenters. The van der Waals surface area contributed by atoms with Crippen LogP contribution in [0, 0.1) is 0 Å². The number of nitrogens with one attached hydrogen (secondary N) is 1. The van der Waals surface area contributed by atoms with Gasteiger partial charge in [0.25, 0.3) is 0 Å². The maximum absolute atomic E-state index is 10.6. The Balaban J connectivity index is 2.14. The third-order valence-electron chi connectivity index (χ3n) is 4.04. The molecule has 0 saturated carbocycles. The molecule has 2 atom stereocenters. The highest BCUT2D eigenvalue weighted by Gasteiger charge is 2.32. The molecule has 21 heavy (non-hydrogen) atoms. The van der Waals surface area contributed by atoms with Gasteiger partial charge in [0, 0.05) is 6.04 Å². The number of hydrogen-bond acceptors (Lipinski definition) is 3. The Morgan fingerprint density at radius 2 is 1.71 bits per heavy atom. The molecule has 3 N–H and O–H groups in total. The molecule has 0 bridgehead atoms. The van der Waals surface area contributed by atoms with Crippen LogP contribution in [0.1, 0.15) is 30.5 Å². The summed E-state index contributed by atoms with van der Waals surface area (Å²) in [4.78, 5) is 0.683. The molecule has 0 radical (unpaired) electrons. The minimum atomic E-state index is -2.74. The zero-order valence-corrected chi connectivity index (χ0v) is 12.9. The first kappa shape index (κ1) is 14.6. The Labute approximate surface area is 127 Å². The molecule has 2 aromatic carbocycles. The lowest BCUT2D eigenvalue weighted by Gasteiger charge is -2.34. The van der Waals surface area contributed by atoms with Crippen molar-refractivity contribution in [2.75, 3.05) is 5.75 Å². The first-order chi connectivity index (χ1) is 10.1. The van der Waals surface area contributed by atoms with Gasteiger partial charge in [-0.1, -0.05) is 55.5 Å². The van der Waals surface area contributed by atoms with Gasteiger partial charge in [-0.2, -0.15) is 10.6 Å². The number of hydrogen-bond donors (Lipinski definition) is 3. The highest BCUT2D eigenvalue weighted by Crippen LogP contribution is 2.53. The number of benzene rings is 2. The average molecular weight is 303 g/mol. The largest absolute Gasteiger partial charge is 0.302 e. The minimum absolute atomic E-state index is 0.000949. The normalized spacial score (nSPS) is 25.7. The molecule has 0 fully saturated rings. The third-order valence-corrected chi connectivity index (χ3v) is 5.99. The Morgan fingerprint density at radius 3 is 2.43 bits per heavy atom. The number of fused-ring (bicyclic) bond motifs is 1. The van der Waals surface area contributed by atoms with Gasteiger partial charge in [-0.3, -0.25) is 9.11 Å². The van der Waals surface area contributed by atoms with Crippen LogP contribution in [0.25, 0.3) is 0 Å². The maximum atomic E-state index is 10.6. The Morgan fingerprint density at radius 1 is 1.05 bits per heavy atom. The quantitative estimate of drug-likeness (QED) is 0.776. The van der Waals surface area contributed by atoms with Gasteiger partial charge in [0.05, 0.1) is 16.7 Å². The molecule has 3 rings (SSSR count). The Bertz CT molecular complexity index is 615. The second-order valence-electron chi connectivity index (χ2n) is 5.49. The van der Waals surface area contributed by atoms with Crippen molar-refractivity contribution in [1.82, 2.24) is 5.32 Å². The van der Waals surface area contributed by atoms with E-state index in [1.807, 2.05) is 42.5 Å². The number of rotatable bonds is 2. The summed E-state index contributed by atoms with van der Waals surface area (Å²) in [5.74, 6) is 0.379. The summed E-state index contributed by atoms with van der Waals surface area (Å²) < 4.78 is 21.1. The molecule has 0 aromatic heterocycles. The van der Waals surface area contributed by atoms with E-state index in [4.69, 9.17) is 0 Å². The zero-order valence-electron chi connectivity index (χ0n) is 12.1. The van der Waals surface area contributed by atoms with E-state index in [1.165, 1.54) is 0 Å². The van der Waals surface area contributed by atoms with Crippen LogP contribution in [0.3, 0.4) is 0 Å². The van der Waals surface area contributed by atoms with E-state index < -0.39 is 10.6 Å². The third kappa shape index (κ3) is 2.85. The zero-order chi connectivity index (χ0) is 14.9. The summed E-state index contributed by atoms with van der Waals surface area (Å²) in [5, 5.41) is 3.59. The van der Waals surface area contributed by atoms with Gasteiger partial charge in [0.15, 0.2) is 0 Å². The van der Waals surface area contributed by atoms with Crippen LogP contribution in [0.4, 0.5) is 0 Å². The monoisotopic (exact) mass is 303 g/mol. The molecule has 0 saturated heterocycles. The van der Waals surface area contributed by atoms with Crippen molar-refractivity contribution in [3.05, 3.63) is 65.7 Å². The predicted octanol–water partition coefficient (Wildman–Crippen LogP) is 4.27. The van der Waals surface area contributed by atoms with E-state index in [-0.39, 0.29) is 12.1 Å². The summed E-state index contributed by atoms with van der Waals surface area (Å²) in [6, 6.07) is 18.0. The van der Waals surface area contributed by atoms with Gasteiger partial charge < -0.3 is 5.32 Å². The van der Waals surface area contributed by atoms with Crippen LogP contribution >= 0.6 is 10.6 Å². The molecule has 2 aromatic rings. The van der Waals surface area contributed by atoms with Gasteiger partial charge in [0.2, 0.25) is 0 Å². The van der Waals surface area contributed by atoms with E-state index in [0.29, 0.717) is 10.6 Å². The first-order valence-corrected chi connectivity index (χ1v) is 8.99. The van der Waals surface area contributed by atoms with Crippen LogP contribution < -0.4 is 5.32 Å². The second-order valence-corrected chi connectivity index (χ2v) is 7.59. The van der Waals surface area contributed by atoms with E-state index in [9.17, 15) is 9.11 Å². The molecule has 1 heterocycles. The van der Waals surface area contributed by atoms with Gasteiger partial charge in [-0.25, -0.2) is 0 Å². The van der Waals surface area contributed by atoms with Gasteiger partial charge >= 0.3 is 0 Å². The first-order valence-electron chi connectivity index (χ1n) is 7.27. The topological polar surface area (TPSA) is 52.5 Å². The highest BCUT2D eigenvalue weighted by molar-refractivity contribution is 8.24. The molecule has 3 nitrogen and oxygen atoms in total. The lowest BCUT2D eigenvalue weighted by Crippen LogP contribution is -2.34. The Hall–Kier alpha value is -1.33. The second kappa shape index (κ2) is 5.81. The van der Waals surface area contributed by atoms with E-state index >= 15 is 0 Å². The van der Waals surface area contributed by atoms with Gasteiger partial charge in [-0.05, 0) is 23.6 Å². The average Bonchev–Trinajstić information content (AvgIpc) is 2.63. The molecule has 4 heteroatoms. The lowest BCUT2D eigenvalue weighted by atomic mass is 9.97. The summed E-state index contributed by atoms with van der Waals surface area (Å²) in [6.07, 6.45) is 0.868. The predicted molar refractivity (Wildman–Crippen MR) is 87.9 cm³/mol. The summed E-state index contributed by atoms with van der Waals surface area (Å²) in [7, 11) is -2.74. The van der Waals surface area contributed by atoms with Crippen molar-refractivity contribution in [3.63, 3.8) is 0 Å². The van der Waals surface area contributed by atoms with E-state index in [0.717, 1.165) is 17.5 Å². The van der Waals surface area contributed by atoms with E-state index in [1.54, 1.807) is 0 Å². The van der Waals surface area contributed by atoms with Crippen LogP contribution in [0.5, 0.6) is 0 Å². The van der Waals surface area contributed by atoms with Crippen LogP contribution in [0.2, 0.25) is 0 Å². The molecular weight excluding hydrogens is 282 g/mol. The van der Waals surface area contributed by atoms with Crippen molar-refractivity contribution >= 4 is 10.6 Å². The molecule has 0 amide bonds. The smallest absolute Gasteiger partial charge is 0.0635 e. The van der Waals surface area contributed by atoms with Crippen molar-refractivity contribution in [1.29, 1.82) is 0 Å². The SMILES string of the molecule is CCC1CS(O)(O)c2ccccc2C(c2ccccc2)N1. The summed E-state index contributed by atoms with van der Waals surface area (Å²) >= 11 is 0. The summed E-state index contributed by atoms with van der Waals surface area (Å²) in [5.41, 5.74) is 2.13. The van der Waals surface area contributed by atoms with Gasteiger partial charge in [0.1, 0.15) is 0 Å². The fourth-order valence-electron chi connectivity index (χ4n) is 2.92. The molecule has 0 spiro atoms. The van der Waals surface area contributed by atoms with E-state index in [2.05, 4.69) is 24.4 Å². The van der Waals surface area contributed by atoms with Crippen LogP contribution in [0.15, 0.2) is 59.5 Å². The van der Waals surface area contributed by atoms with Crippen molar-refractivity contribution in [2.24, 2.45) is 0 Å². The van der Waals surface area contributed by atoms with Crippen molar-refractivity contribution in [3.8, 4) is 0 Å². The molecule has 112 valence electrons. The maximum Gasteiger partial charge on any atom is 0.0635 e. The summed E-state index contributed by atoms with van der Waals surface area (Å²) in [6.45, 7) is 2.07. The fraction of sp³-hybridized carbons (Fsp3) is 0.294. The van der Waals surface area contributed by atoms with Crippen LogP contribution in [-0.4, -0.2) is 20.9 Å². The standard InChI is InChI=1S/C17H21NO2S/c1-2-14-12-21(19,20)16-11-7-6-10-15(16)17(18-14)13-8-4-3-5-9-13/h3-11,14,17-20H,2,12H2,1H3. The fourth-order valence-corrected chi connectivity index (χ4v) is 4.85. The van der Waals surface area contributed by atoms with Crippen molar-refractivity contribution < 1.29 is 9.11 Å². The molecule has 1 aliphatic rings. The van der Waals surface area contributed by atoms with Crippen molar-refractivity contribution in [2.45, 2.75) is 30.3 Å². The minimum Gasteiger partial charge on any atom is -0.302 e. The Kier molecular flexibility index (Phi) is 4.04. The highest BCUT2D eigenvalue weighted by atomic mass is 32.3. The lowest BCUT2D eigenvalue weighted by molar-refractivity contribution is 0.460. The molecular formula is C17H21NO2S. The van der Waals surface area contributed by atoms with Gasteiger partial charge in [-0.15, -0.1) is 0 Å². The molecule has 1 aliphatic heterocycles. The molecule has 0 aliphatic carbocycles.